The zero-order valence-corrected chi connectivity index (χ0v) is 15.8. The predicted octanol–water partition coefficient (Wildman–Crippen LogP) is 1.27. The SMILES string of the molecule is COc1cccc(C2CCN(C3CCN(S(C)(=O)=O)CC3)CC2O)c1. The van der Waals surface area contributed by atoms with Crippen molar-refractivity contribution in [2.24, 2.45) is 0 Å². The molecule has 2 aliphatic heterocycles. The maximum absolute atomic E-state index is 11.6. The first kappa shape index (κ1) is 18.6. The summed E-state index contributed by atoms with van der Waals surface area (Å²) in [6.45, 7) is 2.73. The standard InChI is InChI=1S/C18H28N2O4S/c1-24-16-5-3-4-14(12-16)17-8-9-19(13-18(17)21)15-6-10-20(11-7-15)25(2,22)23/h3-5,12,15,17-18,21H,6-11,13H2,1-2H3. The summed E-state index contributed by atoms with van der Waals surface area (Å²) in [5.41, 5.74) is 1.12. The number of sulfonamides is 1. The first-order valence-electron chi connectivity index (χ1n) is 8.89. The highest BCUT2D eigenvalue weighted by Gasteiger charge is 2.34. The lowest BCUT2D eigenvalue weighted by Crippen LogP contribution is -2.52. The molecule has 1 aromatic rings. The Labute approximate surface area is 150 Å². The number of aliphatic hydroxyl groups excluding tert-OH is 1. The average molecular weight is 368 g/mol. The predicted molar refractivity (Wildman–Crippen MR) is 97.4 cm³/mol. The van der Waals surface area contributed by atoms with Gasteiger partial charge in [0.25, 0.3) is 0 Å². The van der Waals surface area contributed by atoms with Crippen LogP contribution in [-0.4, -0.2) is 74.4 Å². The highest BCUT2D eigenvalue weighted by atomic mass is 32.2. The quantitative estimate of drug-likeness (QED) is 0.867. The van der Waals surface area contributed by atoms with E-state index >= 15 is 0 Å². The molecule has 2 atom stereocenters. The van der Waals surface area contributed by atoms with Crippen molar-refractivity contribution in [2.75, 3.05) is 39.5 Å². The van der Waals surface area contributed by atoms with Crippen molar-refractivity contribution < 1.29 is 18.3 Å². The number of benzene rings is 1. The second-order valence-corrected chi connectivity index (χ2v) is 9.11. The van der Waals surface area contributed by atoms with Gasteiger partial charge in [0.1, 0.15) is 5.75 Å². The topological polar surface area (TPSA) is 70.1 Å². The number of likely N-dealkylation sites (tertiary alicyclic amines) is 1. The summed E-state index contributed by atoms with van der Waals surface area (Å²) in [6.07, 6.45) is 3.44. The van der Waals surface area contributed by atoms with Crippen LogP contribution in [0, 0.1) is 0 Å². The van der Waals surface area contributed by atoms with E-state index in [1.165, 1.54) is 6.26 Å². The maximum Gasteiger partial charge on any atom is 0.211 e. The van der Waals surface area contributed by atoms with Crippen molar-refractivity contribution >= 4 is 10.0 Å². The molecule has 0 aliphatic carbocycles. The van der Waals surface area contributed by atoms with Crippen LogP contribution in [0.15, 0.2) is 24.3 Å². The third kappa shape index (κ3) is 4.34. The lowest BCUT2D eigenvalue weighted by Gasteiger charge is -2.43. The summed E-state index contributed by atoms with van der Waals surface area (Å²) in [5, 5.41) is 10.7. The van der Waals surface area contributed by atoms with Gasteiger partial charge in [0.05, 0.1) is 19.5 Å². The number of hydrogen-bond donors (Lipinski definition) is 1. The lowest BCUT2D eigenvalue weighted by atomic mass is 9.86. The fraction of sp³-hybridized carbons (Fsp3) is 0.667. The maximum atomic E-state index is 11.6. The largest absolute Gasteiger partial charge is 0.497 e. The molecule has 0 saturated carbocycles. The van der Waals surface area contributed by atoms with Crippen LogP contribution in [0.4, 0.5) is 0 Å². The van der Waals surface area contributed by atoms with Crippen molar-refractivity contribution in [1.29, 1.82) is 0 Å². The molecule has 1 aromatic carbocycles. The van der Waals surface area contributed by atoms with Crippen LogP contribution in [0.5, 0.6) is 5.75 Å². The van der Waals surface area contributed by atoms with Gasteiger partial charge in [0.15, 0.2) is 0 Å². The van der Waals surface area contributed by atoms with Crippen molar-refractivity contribution in [1.82, 2.24) is 9.21 Å². The van der Waals surface area contributed by atoms with Crippen LogP contribution in [0.3, 0.4) is 0 Å². The van der Waals surface area contributed by atoms with Gasteiger partial charge in [-0.1, -0.05) is 12.1 Å². The van der Waals surface area contributed by atoms with Gasteiger partial charge in [0.2, 0.25) is 10.0 Å². The molecule has 2 aliphatic rings. The number of ether oxygens (including phenoxy) is 1. The van der Waals surface area contributed by atoms with Crippen LogP contribution in [0.2, 0.25) is 0 Å². The molecule has 140 valence electrons. The molecule has 6 nitrogen and oxygen atoms in total. The number of nitrogens with zero attached hydrogens (tertiary/aromatic N) is 2. The Morgan fingerprint density at radius 2 is 1.88 bits per heavy atom. The minimum absolute atomic E-state index is 0.127. The van der Waals surface area contributed by atoms with E-state index in [1.54, 1.807) is 11.4 Å². The van der Waals surface area contributed by atoms with Gasteiger partial charge in [-0.25, -0.2) is 12.7 Å². The molecule has 0 amide bonds. The molecule has 2 heterocycles. The second kappa shape index (κ2) is 7.61. The number of aliphatic hydroxyl groups is 1. The Morgan fingerprint density at radius 3 is 2.48 bits per heavy atom. The Kier molecular flexibility index (Phi) is 5.68. The molecule has 0 spiro atoms. The molecular formula is C18H28N2O4S. The van der Waals surface area contributed by atoms with E-state index in [2.05, 4.69) is 11.0 Å². The van der Waals surface area contributed by atoms with Gasteiger partial charge >= 0.3 is 0 Å². The summed E-state index contributed by atoms with van der Waals surface area (Å²) >= 11 is 0. The van der Waals surface area contributed by atoms with Crippen molar-refractivity contribution in [3.8, 4) is 5.75 Å². The summed E-state index contributed by atoms with van der Waals surface area (Å²) in [6, 6.07) is 8.30. The highest BCUT2D eigenvalue weighted by Crippen LogP contribution is 2.32. The Balaban J connectivity index is 1.59. The van der Waals surface area contributed by atoms with E-state index in [0.717, 1.165) is 37.1 Å². The number of methoxy groups -OCH3 is 1. The fourth-order valence-electron chi connectivity index (χ4n) is 4.09. The highest BCUT2D eigenvalue weighted by molar-refractivity contribution is 7.88. The van der Waals surface area contributed by atoms with Crippen LogP contribution >= 0.6 is 0 Å². The molecular weight excluding hydrogens is 340 g/mol. The van der Waals surface area contributed by atoms with E-state index in [1.807, 2.05) is 18.2 Å². The molecule has 3 rings (SSSR count). The molecule has 0 bridgehead atoms. The molecule has 7 heteroatoms. The normalized spacial score (nSPS) is 27.3. The third-order valence-electron chi connectivity index (χ3n) is 5.54. The van der Waals surface area contributed by atoms with Gasteiger partial charge in [-0.05, 0) is 43.5 Å². The van der Waals surface area contributed by atoms with Gasteiger partial charge < -0.3 is 9.84 Å². The van der Waals surface area contributed by atoms with Crippen LogP contribution in [0.1, 0.15) is 30.7 Å². The third-order valence-corrected chi connectivity index (χ3v) is 6.85. The van der Waals surface area contributed by atoms with Crippen molar-refractivity contribution in [3.63, 3.8) is 0 Å². The smallest absolute Gasteiger partial charge is 0.211 e. The summed E-state index contributed by atoms with van der Waals surface area (Å²) in [4.78, 5) is 2.33. The van der Waals surface area contributed by atoms with Gasteiger partial charge in [0, 0.05) is 31.6 Å². The molecule has 2 unspecified atom stereocenters. The summed E-state index contributed by atoms with van der Waals surface area (Å²) < 4.78 is 30.1. The Hall–Kier alpha value is -1.15. The van der Waals surface area contributed by atoms with Crippen LogP contribution in [-0.2, 0) is 10.0 Å². The minimum Gasteiger partial charge on any atom is -0.497 e. The van der Waals surface area contributed by atoms with E-state index in [4.69, 9.17) is 4.74 Å². The number of β-amino-alcohol motifs (C(OH)–C–C–N with tert-alkyl or cyclic N) is 1. The first-order valence-corrected chi connectivity index (χ1v) is 10.7. The molecule has 2 fully saturated rings. The minimum atomic E-state index is -3.09. The lowest BCUT2D eigenvalue weighted by molar-refractivity contribution is 0.0179. The molecule has 25 heavy (non-hydrogen) atoms. The molecule has 2 saturated heterocycles. The molecule has 0 aromatic heterocycles. The zero-order valence-electron chi connectivity index (χ0n) is 15.0. The van der Waals surface area contributed by atoms with Gasteiger partial charge in [-0.15, -0.1) is 0 Å². The number of rotatable bonds is 4. The van der Waals surface area contributed by atoms with Gasteiger partial charge in [-0.2, -0.15) is 0 Å². The van der Waals surface area contributed by atoms with E-state index in [9.17, 15) is 13.5 Å². The Morgan fingerprint density at radius 1 is 1.16 bits per heavy atom. The van der Waals surface area contributed by atoms with Gasteiger partial charge in [-0.3, -0.25) is 4.90 Å². The molecule has 0 radical (unpaired) electrons. The zero-order chi connectivity index (χ0) is 18.0. The summed E-state index contributed by atoms with van der Waals surface area (Å²) in [7, 11) is -1.43. The van der Waals surface area contributed by atoms with E-state index < -0.39 is 16.1 Å². The van der Waals surface area contributed by atoms with Crippen molar-refractivity contribution in [2.45, 2.75) is 37.3 Å². The first-order chi connectivity index (χ1) is 11.9. The number of piperidine rings is 2. The Bertz CT molecular complexity index is 686. The second-order valence-electron chi connectivity index (χ2n) is 7.13. The summed E-state index contributed by atoms with van der Waals surface area (Å²) in [5.74, 6) is 0.947. The van der Waals surface area contributed by atoms with Crippen LogP contribution < -0.4 is 4.74 Å². The fourth-order valence-corrected chi connectivity index (χ4v) is 4.96. The van der Waals surface area contributed by atoms with E-state index in [0.29, 0.717) is 25.7 Å². The average Bonchev–Trinajstić information content (AvgIpc) is 2.61. The van der Waals surface area contributed by atoms with Crippen LogP contribution in [0.25, 0.3) is 0 Å². The molecule has 1 N–H and O–H groups in total. The van der Waals surface area contributed by atoms with Crippen molar-refractivity contribution in [3.05, 3.63) is 29.8 Å². The number of hydrogen-bond acceptors (Lipinski definition) is 5. The van der Waals surface area contributed by atoms with E-state index in [-0.39, 0.29) is 5.92 Å². The monoisotopic (exact) mass is 368 g/mol.